The van der Waals surface area contributed by atoms with Crippen molar-refractivity contribution in [2.24, 2.45) is 4.99 Å². The topological polar surface area (TPSA) is 80.4 Å². The molecule has 0 radical (unpaired) electrons. The summed E-state index contributed by atoms with van der Waals surface area (Å²) in [5, 5.41) is 20.2. The largest absolute Gasteiger partial charge is 0.494 e. The minimum atomic E-state index is -0.278. The van der Waals surface area contributed by atoms with E-state index in [1.807, 2.05) is 38.1 Å². The molecule has 0 spiro atoms. The summed E-state index contributed by atoms with van der Waals surface area (Å²) in [5.41, 5.74) is 4.52. The van der Waals surface area contributed by atoms with Gasteiger partial charge in [0.1, 0.15) is 5.51 Å². The fraction of sp³-hybridized carbons (Fsp3) is 0.100. The molecule has 2 heterocycles. The van der Waals surface area contributed by atoms with Crippen LogP contribution in [0.15, 0.2) is 57.8 Å². The van der Waals surface area contributed by atoms with Gasteiger partial charge in [0, 0.05) is 17.0 Å². The summed E-state index contributed by atoms with van der Waals surface area (Å²) in [6.45, 7) is 3.97. The van der Waals surface area contributed by atoms with E-state index in [0.29, 0.717) is 27.2 Å². The molecule has 27 heavy (non-hydrogen) atoms. The third-order valence-corrected chi connectivity index (χ3v) is 5.10. The van der Waals surface area contributed by atoms with Crippen LogP contribution in [0.4, 0.5) is 5.13 Å². The lowest BCUT2D eigenvalue weighted by atomic mass is 10.1. The molecule has 0 aliphatic carbocycles. The molecule has 0 saturated carbocycles. The van der Waals surface area contributed by atoms with Crippen LogP contribution >= 0.6 is 11.3 Å². The number of rotatable bonds is 3. The number of aromatic nitrogens is 3. The molecule has 0 amide bonds. The third kappa shape index (κ3) is 3.02. The summed E-state index contributed by atoms with van der Waals surface area (Å²) in [4.78, 5) is 17.4. The van der Waals surface area contributed by atoms with Crippen molar-refractivity contribution in [2.45, 2.75) is 13.8 Å². The Bertz CT molecular complexity index is 1230. The Balaban J connectivity index is 2.02. The van der Waals surface area contributed by atoms with Crippen molar-refractivity contribution < 1.29 is 5.11 Å². The first-order chi connectivity index (χ1) is 13.1. The lowest BCUT2D eigenvalue weighted by molar-refractivity contribution is 0.436. The van der Waals surface area contributed by atoms with E-state index >= 15 is 0 Å². The average Bonchev–Trinajstić information content (AvgIpc) is 3.18. The molecule has 4 rings (SSSR count). The van der Waals surface area contributed by atoms with Gasteiger partial charge >= 0.3 is 0 Å². The van der Waals surface area contributed by atoms with Crippen LogP contribution in [-0.4, -0.2) is 26.1 Å². The van der Waals surface area contributed by atoms with E-state index in [0.717, 1.165) is 11.1 Å². The highest BCUT2D eigenvalue weighted by molar-refractivity contribution is 7.13. The number of aromatic hydroxyl groups is 1. The zero-order chi connectivity index (χ0) is 19.0. The standard InChI is InChI=1S/C20H16N4O2S/c1-12-7-8-14(9-13(12)2)24-18(25)16-6-4-3-5-15(16)17(19(24)26)10-21-20-23-22-11-27-20/h3-11,26H,1-2H3. The van der Waals surface area contributed by atoms with Crippen LogP contribution in [0.1, 0.15) is 16.7 Å². The van der Waals surface area contributed by atoms with Crippen LogP contribution in [0, 0.1) is 13.8 Å². The Labute approximate surface area is 159 Å². The molecule has 1 N–H and O–H groups in total. The van der Waals surface area contributed by atoms with Crippen molar-refractivity contribution >= 4 is 33.5 Å². The summed E-state index contributed by atoms with van der Waals surface area (Å²) in [5.74, 6) is -0.157. The maximum absolute atomic E-state index is 13.1. The number of nitrogens with zero attached hydrogens (tertiary/aromatic N) is 4. The zero-order valence-electron chi connectivity index (χ0n) is 14.7. The average molecular weight is 376 g/mol. The molecular formula is C20H16N4O2S. The van der Waals surface area contributed by atoms with Gasteiger partial charge in [-0.05, 0) is 43.2 Å². The Kier molecular flexibility index (Phi) is 4.29. The third-order valence-electron chi connectivity index (χ3n) is 4.50. The summed E-state index contributed by atoms with van der Waals surface area (Å²) in [6, 6.07) is 12.8. The second-order valence-corrected chi connectivity index (χ2v) is 6.98. The molecule has 0 bridgehead atoms. The summed E-state index contributed by atoms with van der Waals surface area (Å²) < 4.78 is 1.32. The number of pyridine rings is 1. The van der Waals surface area contributed by atoms with E-state index in [2.05, 4.69) is 15.2 Å². The van der Waals surface area contributed by atoms with Crippen molar-refractivity contribution in [1.29, 1.82) is 0 Å². The maximum Gasteiger partial charge on any atom is 0.265 e. The fourth-order valence-electron chi connectivity index (χ4n) is 2.94. The van der Waals surface area contributed by atoms with Crippen LogP contribution in [0.25, 0.3) is 16.5 Å². The molecule has 0 fully saturated rings. The van der Waals surface area contributed by atoms with E-state index in [9.17, 15) is 9.90 Å². The fourth-order valence-corrected chi connectivity index (χ4v) is 3.33. The van der Waals surface area contributed by atoms with E-state index < -0.39 is 0 Å². The van der Waals surface area contributed by atoms with Gasteiger partial charge in [-0.1, -0.05) is 35.6 Å². The van der Waals surface area contributed by atoms with E-state index in [1.165, 1.54) is 22.1 Å². The molecule has 6 nitrogen and oxygen atoms in total. The molecule has 2 aromatic carbocycles. The molecule has 4 aromatic rings. The van der Waals surface area contributed by atoms with Gasteiger partial charge in [0.2, 0.25) is 11.0 Å². The molecule has 2 aromatic heterocycles. The lowest BCUT2D eigenvalue weighted by Crippen LogP contribution is -2.20. The predicted molar refractivity (Wildman–Crippen MR) is 108 cm³/mol. The Morgan fingerprint density at radius 3 is 2.59 bits per heavy atom. The first-order valence-corrected chi connectivity index (χ1v) is 9.19. The van der Waals surface area contributed by atoms with Gasteiger partial charge in [0.15, 0.2) is 0 Å². The van der Waals surface area contributed by atoms with Crippen LogP contribution in [0.3, 0.4) is 0 Å². The number of hydrogen-bond donors (Lipinski definition) is 1. The van der Waals surface area contributed by atoms with Crippen LogP contribution in [-0.2, 0) is 0 Å². The predicted octanol–water partition coefficient (Wildman–Crippen LogP) is 3.92. The normalized spacial score (nSPS) is 11.5. The van der Waals surface area contributed by atoms with Gasteiger partial charge in [0.25, 0.3) is 5.56 Å². The Morgan fingerprint density at radius 1 is 1.11 bits per heavy atom. The Morgan fingerprint density at radius 2 is 1.89 bits per heavy atom. The minimum Gasteiger partial charge on any atom is -0.494 e. The number of aliphatic imine (C=N–C) groups is 1. The second-order valence-electron chi connectivity index (χ2n) is 6.17. The number of benzene rings is 2. The molecule has 0 aliphatic heterocycles. The van der Waals surface area contributed by atoms with Crippen LogP contribution in [0.2, 0.25) is 0 Å². The van der Waals surface area contributed by atoms with Crippen molar-refractivity contribution in [1.82, 2.24) is 14.8 Å². The SMILES string of the molecule is Cc1ccc(-n2c(O)c(C=Nc3nncs3)c3ccccc3c2=O)cc1C. The maximum atomic E-state index is 13.1. The van der Waals surface area contributed by atoms with Gasteiger partial charge in [-0.3, -0.25) is 4.79 Å². The molecule has 0 aliphatic rings. The van der Waals surface area contributed by atoms with Gasteiger partial charge in [-0.2, -0.15) is 0 Å². The minimum absolute atomic E-state index is 0.157. The number of hydrogen-bond acceptors (Lipinski definition) is 6. The first-order valence-electron chi connectivity index (χ1n) is 8.31. The summed E-state index contributed by atoms with van der Waals surface area (Å²) >= 11 is 1.29. The van der Waals surface area contributed by atoms with Gasteiger partial charge < -0.3 is 5.11 Å². The highest BCUT2D eigenvalue weighted by Gasteiger charge is 2.16. The van der Waals surface area contributed by atoms with Crippen molar-refractivity contribution in [3.8, 4) is 11.6 Å². The summed E-state index contributed by atoms with van der Waals surface area (Å²) in [7, 11) is 0. The highest BCUT2D eigenvalue weighted by atomic mass is 32.1. The highest BCUT2D eigenvalue weighted by Crippen LogP contribution is 2.27. The number of fused-ring (bicyclic) bond motifs is 1. The van der Waals surface area contributed by atoms with E-state index in [4.69, 9.17) is 0 Å². The molecule has 0 unspecified atom stereocenters. The van der Waals surface area contributed by atoms with Crippen molar-refractivity contribution in [3.63, 3.8) is 0 Å². The molecule has 7 heteroatoms. The lowest BCUT2D eigenvalue weighted by Gasteiger charge is -2.14. The second kappa shape index (κ2) is 6.77. The smallest absolute Gasteiger partial charge is 0.265 e. The number of aryl methyl sites for hydroxylation is 2. The molecule has 0 atom stereocenters. The zero-order valence-corrected chi connectivity index (χ0v) is 15.6. The van der Waals surface area contributed by atoms with Gasteiger partial charge in [-0.25, -0.2) is 9.56 Å². The molecular weight excluding hydrogens is 360 g/mol. The molecule has 0 saturated heterocycles. The van der Waals surface area contributed by atoms with Crippen molar-refractivity contribution in [3.05, 3.63) is 75.0 Å². The van der Waals surface area contributed by atoms with E-state index in [-0.39, 0.29) is 11.4 Å². The van der Waals surface area contributed by atoms with Crippen LogP contribution in [0.5, 0.6) is 5.88 Å². The Hall–Kier alpha value is -3.32. The van der Waals surface area contributed by atoms with Crippen LogP contribution < -0.4 is 5.56 Å². The van der Waals surface area contributed by atoms with Gasteiger partial charge in [-0.15, -0.1) is 10.2 Å². The quantitative estimate of drug-likeness (QED) is 0.550. The van der Waals surface area contributed by atoms with Gasteiger partial charge in [0.05, 0.1) is 11.3 Å². The monoisotopic (exact) mass is 376 g/mol. The summed E-state index contributed by atoms with van der Waals surface area (Å²) in [6.07, 6.45) is 1.52. The molecule has 134 valence electrons. The van der Waals surface area contributed by atoms with E-state index in [1.54, 1.807) is 23.7 Å². The first kappa shape index (κ1) is 17.1. The van der Waals surface area contributed by atoms with Crippen molar-refractivity contribution in [2.75, 3.05) is 0 Å².